The number of hydrogen-bond donors (Lipinski definition) is 2. The van der Waals surface area contributed by atoms with Gasteiger partial charge < -0.3 is 15.4 Å². The van der Waals surface area contributed by atoms with Gasteiger partial charge in [-0.2, -0.15) is 0 Å². The van der Waals surface area contributed by atoms with Gasteiger partial charge in [-0.05, 0) is 19.1 Å². The molecule has 2 aromatic rings. The van der Waals surface area contributed by atoms with Crippen molar-refractivity contribution in [2.24, 2.45) is 4.99 Å². The van der Waals surface area contributed by atoms with E-state index in [1.165, 1.54) is 6.07 Å². The fraction of sp³-hybridized carbons (Fsp3) is 0.444. The molecule has 1 heterocycles. The number of halogens is 3. The summed E-state index contributed by atoms with van der Waals surface area (Å²) in [6.07, 6.45) is 0. The first-order valence-corrected chi connectivity index (χ1v) is 9.42. The lowest BCUT2D eigenvalue weighted by Crippen LogP contribution is -2.39. The zero-order valence-corrected chi connectivity index (χ0v) is 18.7. The molecule has 5 nitrogen and oxygen atoms in total. The number of ether oxygens (including phenoxy) is 1. The Bertz CT molecular complexity index is 740. The van der Waals surface area contributed by atoms with E-state index in [2.05, 4.69) is 34.5 Å². The predicted octanol–water partition coefficient (Wildman–Crippen LogP) is 4.30. The van der Waals surface area contributed by atoms with Crippen LogP contribution in [0.4, 0.5) is 8.78 Å². The quantitative estimate of drug-likeness (QED) is 0.241. The van der Waals surface area contributed by atoms with Gasteiger partial charge in [-0.25, -0.2) is 18.8 Å². The van der Waals surface area contributed by atoms with Crippen LogP contribution >= 0.6 is 35.3 Å². The maximum Gasteiger partial charge on any atom is 0.191 e. The van der Waals surface area contributed by atoms with E-state index in [9.17, 15) is 8.78 Å². The topological polar surface area (TPSA) is 58.5 Å². The lowest BCUT2D eigenvalue weighted by atomic mass is 10.2. The summed E-state index contributed by atoms with van der Waals surface area (Å²) < 4.78 is 31.7. The fourth-order valence-corrected chi connectivity index (χ4v) is 2.91. The summed E-state index contributed by atoms with van der Waals surface area (Å²) in [6.45, 7) is 8.04. The summed E-state index contributed by atoms with van der Waals surface area (Å²) in [5.74, 6) is -0.269. The summed E-state index contributed by atoms with van der Waals surface area (Å²) >= 11 is 1.64. The van der Waals surface area contributed by atoms with E-state index < -0.39 is 11.6 Å². The third-order valence-corrected chi connectivity index (χ3v) is 4.55. The van der Waals surface area contributed by atoms with Gasteiger partial charge in [-0.1, -0.05) is 13.8 Å². The van der Waals surface area contributed by atoms with Crippen LogP contribution in [0.15, 0.2) is 28.6 Å². The maximum atomic E-state index is 13.5. The lowest BCUT2D eigenvalue weighted by molar-refractivity contribution is 0.304. The number of aliphatic imine (C=N–C) groups is 1. The molecule has 27 heavy (non-hydrogen) atoms. The fourth-order valence-electron chi connectivity index (χ4n) is 2.08. The van der Waals surface area contributed by atoms with E-state index in [-0.39, 0.29) is 36.3 Å². The first-order valence-electron chi connectivity index (χ1n) is 8.54. The van der Waals surface area contributed by atoms with E-state index in [1.807, 2.05) is 12.3 Å². The second kappa shape index (κ2) is 12.1. The van der Waals surface area contributed by atoms with Crippen molar-refractivity contribution in [1.82, 2.24) is 15.6 Å². The van der Waals surface area contributed by atoms with Crippen molar-refractivity contribution in [3.8, 4) is 5.75 Å². The molecular formula is C18H25F2IN4OS. The van der Waals surface area contributed by atoms with E-state index >= 15 is 0 Å². The van der Waals surface area contributed by atoms with Crippen molar-refractivity contribution in [1.29, 1.82) is 0 Å². The lowest BCUT2D eigenvalue weighted by Gasteiger charge is -2.12. The zero-order valence-electron chi connectivity index (χ0n) is 15.6. The molecule has 2 rings (SSSR count). The van der Waals surface area contributed by atoms with Crippen molar-refractivity contribution in [2.75, 3.05) is 19.7 Å². The number of guanidine groups is 1. The minimum atomic E-state index is -0.713. The molecule has 150 valence electrons. The van der Waals surface area contributed by atoms with Gasteiger partial charge >= 0.3 is 0 Å². The molecule has 1 aromatic carbocycles. The van der Waals surface area contributed by atoms with Crippen LogP contribution in [0.3, 0.4) is 0 Å². The van der Waals surface area contributed by atoms with Crippen molar-refractivity contribution in [3.05, 3.63) is 45.9 Å². The molecule has 2 N–H and O–H groups in total. The Morgan fingerprint density at radius 1 is 1.30 bits per heavy atom. The SMILES string of the molecule is CCNC(=NCc1csc(C(C)C)n1)NCCOc1ccc(F)cc1F.I. The normalized spacial score (nSPS) is 11.3. The average Bonchev–Trinajstić information content (AvgIpc) is 3.07. The number of nitrogens with zero attached hydrogens (tertiary/aromatic N) is 2. The largest absolute Gasteiger partial charge is 0.489 e. The van der Waals surface area contributed by atoms with Crippen LogP contribution in [0.25, 0.3) is 0 Å². The molecule has 9 heteroatoms. The monoisotopic (exact) mass is 510 g/mol. The number of benzene rings is 1. The summed E-state index contributed by atoms with van der Waals surface area (Å²) in [4.78, 5) is 9.04. The first-order chi connectivity index (χ1) is 12.5. The summed E-state index contributed by atoms with van der Waals surface area (Å²) in [7, 11) is 0. The molecule has 0 aliphatic rings. The van der Waals surface area contributed by atoms with Crippen LogP contribution in [-0.2, 0) is 6.54 Å². The summed E-state index contributed by atoms with van der Waals surface area (Å²) in [5.41, 5.74) is 0.931. The molecule has 0 spiro atoms. The Labute approximate surface area is 179 Å². The molecule has 0 atom stereocenters. The minimum absolute atomic E-state index is 0. The second-order valence-corrected chi connectivity index (χ2v) is 6.77. The highest BCUT2D eigenvalue weighted by Gasteiger charge is 2.07. The molecule has 0 saturated heterocycles. The smallest absolute Gasteiger partial charge is 0.191 e. The molecule has 0 unspecified atom stereocenters. The van der Waals surface area contributed by atoms with Gasteiger partial charge in [-0.3, -0.25) is 0 Å². The summed E-state index contributed by atoms with van der Waals surface area (Å²) in [6, 6.07) is 3.24. The van der Waals surface area contributed by atoms with Crippen LogP contribution in [-0.4, -0.2) is 30.6 Å². The predicted molar refractivity (Wildman–Crippen MR) is 116 cm³/mol. The molecule has 0 aliphatic heterocycles. The Balaban J connectivity index is 0.00000364. The van der Waals surface area contributed by atoms with Gasteiger partial charge in [0.25, 0.3) is 0 Å². The molecular weight excluding hydrogens is 485 g/mol. The van der Waals surface area contributed by atoms with E-state index in [0.29, 0.717) is 31.5 Å². The minimum Gasteiger partial charge on any atom is -0.489 e. The average molecular weight is 510 g/mol. The Kier molecular flexibility index (Phi) is 10.5. The standard InChI is InChI=1S/C18H24F2N4OS.HI/c1-4-21-18(23-10-14-11-26-17(24-14)12(2)3)22-7-8-25-16-6-5-13(19)9-15(16)20;/h5-6,9,11-12H,4,7-8,10H2,1-3H3,(H2,21,22,23);1H. The number of rotatable bonds is 8. The number of aromatic nitrogens is 1. The van der Waals surface area contributed by atoms with Crippen LogP contribution in [0.5, 0.6) is 5.75 Å². The van der Waals surface area contributed by atoms with Crippen LogP contribution < -0.4 is 15.4 Å². The number of nitrogens with one attached hydrogen (secondary N) is 2. The highest BCUT2D eigenvalue weighted by molar-refractivity contribution is 14.0. The van der Waals surface area contributed by atoms with Crippen molar-refractivity contribution in [2.45, 2.75) is 33.2 Å². The maximum absolute atomic E-state index is 13.5. The summed E-state index contributed by atoms with van der Waals surface area (Å²) in [5, 5.41) is 9.37. The third-order valence-electron chi connectivity index (χ3n) is 3.35. The van der Waals surface area contributed by atoms with E-state index in [0.717, 1.165) is 22.8 Å². The van der Waals surface area contributed by atoms with E-state index in [4.69, 9.17) is 4.74 Å². The molecule has 0 aliphatic carbocycles. The Hall–Kier alpha value is -1.49. The molecule has 0 saturated carbocycles. The van der Waals surface area contributed by atoms with Gasteiger partial charge in [0.15, 0.2) is 17.5 Å². The molecule has 1 aromatic heterocycles. The Morgan fingerprint density at radius 3 is 2.70 bits per heavy atom. The van der Waals surface area contributed by atoms with Gasteiger partial charge in [0.1, 0.15) is 12.4 Å². The highest BCUT2D eigenvalue weighted by Crippen LogP contribution is 2.19. The van der Waals surface area contributed by atoms with Gasteiger partial charge in [0, 0.05) is 23.9 Å². The van der Waals surface area contributed by atoms with Crippen LogP contribution in [0.1, 0.15) is 37.4 Å². The molecule has 0 radical (unpaired) electrons. The number of thiazole rings is 1. The van der Waals surface area contributed by atoms with Gasteiger partial charge in [-0.15, -0.1) is 35.3 Å². The zero-order chi connectivity index (χ0) is 18.9. The van der Waals surface area contributed by atoms with E-state index in [1.54, 1.807) is 11.3 Å². The van der Waals surface area contributed by atoms with Crippen molar-refractivity contribution in [3.63, 3.8) is 0 Å². The van der Waals surface area contributed by atoms with Crippen LogP contribution in [0.2, 0.25) is 0 Å². The Morgan fingerprint density at radius 2 is 2.07 bits per heavy atom. The number of hydrogen-bond acceptors (Lipinski definition) is 4. The first kappa shape index (κ1) is 23.5. The van der Waals surface area contributed by atoms with Gasteiger partial charge in [0.2, 0.25) is 0 Å². The molecule has 0 amide bonds. The molecule has 0 bridgehead atoms. The highest BCUT2D eigenvalue weighted by atomic mass is 127. The van der Waals surface area contributed by atoms with Crippen LogP contribution in [0, 0.1) is 11.6 Å². The van der Waals surface area contributed by atoms with Gasteiger partial charge in [0.05, 0.1) is 23.8 Å². The van der Waals surface area contributed by atoms with Crippen molar-refractivity contribution >= 4 is 41.3 Å². The van der Waals surface area contributed by atoms with Crippen molar-refractivity contribution < 1.29 is 13.5 Å². The third kappa shape index (κ3) is 7.96. The second-order valence-electron chi connectivity index (χ2n) is 5.88. The molecule has 0 fully saturated rings.